The van der Waals surface area contributed by atoms with Crippen molar-refractivity contribution in [1.29, 1.82) is 0 Å². The van der Waals surface area contributed by atoms with Crippen molar-refractivity contribution in [3.05, 3.63) is 23.7 Å². The predicted octanol–water partition coefficient (Wildman–Crippen LogP) is 0.859. The fourth-order valence-corrected chi connectivity index (χ4v) is 1.52. The maximum Gasteiger partial charge on any atom is 0.236 e. The van der Waals surface area contributed by atoms with Crippen molar-refractivity contribution >= 4 is 5.91 Å². The first-order valence-corrected chi connectivity index (χ1v) is 6.04. The standard InChI is InChI=1S/C13H22N2O3/c1-10(9-16)14(3)8-13(17)15(4)7-12-6-5-11(2)18-12/h5-6,10,16H,7-9H2,1-4H3. The topological polar surface area (TPSA) is 56.9 Å². The maximum absolute atomic E-state index is 11.9. The Morgan fingerprint density at radius 1 is 1.44 bits per heavy atom. The molecule has 1 unspecified atom stereocenters. The van der Waals surface area contributed by atoms with Gasteiger partial charge in [-0.1, -0.05) is 0 Å². The van der Waals surface area contributed by atoms with E-state index in [1.54, 1.807) is 11.9 Å². The van der Waals surface area contributed by atoms with Crippen molar-refractivity contribution in [3.8, 4) is 0 Å². The highest BCUT2D eigenvalue weighted by Gasteiger charge is 2.16. The van der Waals surface area contributed by atoms with Gasteiger partial charge in [-0.25, -0.2) is 0 Å². The van der Waals surface area contributed by atoms with Crippen molar-refractivity contribution in [2.24, 2.45) is 0 Å². The number of aryl methyl sites for hydroxylation is 1. The van der Waals surface area contributed by atoms with Gasteiger partial charge in [0.1, 0.15) is 11.5 Å². The van der Waals surface area contributed by atoms with Crippen LogP contribution >= 0.6 is 0 Å². The van der Waals surface area contributed by atoms with E-state index in [0.29, 0.717) is 6.54 Å². The second kappa shape index (κ2) is 6.56. The van der Waals surface area contributed by atoms with Crippen LogP contribution in [0.25, 0.3) is 0 Å². The number of hydrogen-bond donors (Lipinski definition) is 1. The maximum atomic E-state index is 11.9. The molecule has 0 bridgehead atoms. The van der Waals surface area contributed by atoms with Crippen LogP contribution in [0.4, 0.5) is 0 Å². The largest absolute Gasteiger partial charge is 0.464 e. The molecule has 18 heavy (non-hydrogen) atoms. The predicted molar refractivity (Wildman–Crippen MR) is 69.1 cm³/mol. The molecule has 0 fully saturated rings. The fourth-order valence-electron chi connectivity index (χ4n) is 1.52. The minimum Gasteiger partial charge on any atom is -0.464 e. The Hall–Kier alpha value is -1.33. The Morgan fingerprint density at radius 2 is 2.11 bits per heavy atom. The van der Waals surface area contributed by atoms with Crippen LogP contribution in [0.2, 0.25) is 0 Å². The summed E-state index contributed by atoms with van der Waals surface area (Å²) in [4.78, 5) is 15.4. The molecule has 1 aromatic rings. The van der Waals surface area contributed by atoms with Crippen LogP contribution in [0.15, 0.2) is 16.5 Å². The zero-order chi connectivity index (χ0) is 13.7. The molecule has 0 saturated carbocycles. The lowest BCUT2D eigenvalue weighted by molar-refractivity contribution is -0.132. The quantitative estimate of drug-likeness (QED) is 0.818. The van der Waals surface area contributed by atoms with E-state index in [1.165, 1.54) is 0 Å². The summed E-state index contributed by atoms with van der Waals surface area (Å²) in [6.07, 6.45) is 0. The summed E-state index contributed by atoms with van der Waals surface area (Å²) in [6.45, 7) is 4.56. The minimum atomic E-state index is -0.0202. The summed E-state index contributed by atoms with van der Waals surface area (Å²) in [5.41, 5.74) is 0. The number of amides is 1. The van der Waals surface area contributed by atoms with Gasteiger partial charge in [-0.2, -0.15) is 0 Å². The van der Waals surface area contributed by atoms with Gasteiger partial charge in [0.2, 0.25) is 5.91 Å². The van der Waals surface area contributed by atoms with E-state index in [-0.39, 0.29) is 25.1 Å². The molecular weight excluding hydrogens is 232 g/mol. The van der Waals surface area contributed by atoms with E-state index in [9.17, 15) is 4.79 Å². The molecule has 1 aromatic heterocycles. The molecule has 102 valence electrons. The van der Waals surface area contributed by atoms with Crippen LogP contribution in [0.1, 0.15) is 18.4 Å². The normalized spacial score (nSPS) is 12.8. The number of aliphatic hydroxyl groups is 1. The average molecular weight is 254 g/mol. The summed E-state index contributed by atoms with van der Waals surface area (Å²) in [7, 11) is 3.57. The van der Waals surface area contributed by atoms with E-state index < -0.39 is 0 Å². The number of rotatable bonds is 6. The molecule has 0 spiro atoms. The van der Waals surface area contributed by atoms with Crippen LogP contribution in [-0.4, -0.2) is 54.1 Å². The van der Waals surface area contributed by atoms with Gasteiger partial charge >= 0.3 is 0 Å². The van der Waals surface area contributed by atoms with Gasteiger partial charge in [0.15, 0.2) is 0 Å². The van der Waals surface area contributed by atoms with Gasteiger partial charge in [0, 0.05) is 13.1 Å². The Balaban J connectivity index is 2.46. The lowest BCUT2D eigenvalue weighted by atomic mass is 10.3. The lowest BCUT2D eigenvalue weighted by Gasteiger charge is -2.25. The number of likely N-dealkylation sites (N-methyl/N-ethyl adjacent to an activating group) is 2. The summed E-state index contributed by atoms with van der Waals surface area (Å²) >= 11 is 0. The molecule has 1 heterocycles. The fraction of sp³-hybridized carbons (Fsp3) is 0.615. The van der Waals surface area contributed by atoms with Crippen molar-refractivity contribution in [2.45, 2.75) is 26.4 Å². The number of hydrogen-bond acceptors (Lipinski definition) is 4. The summed E-state index contributed by atoms with van der Waals surface area (Å²) in [5, 5.41) is 9.01. The average Bonchev–Trinajstić information content (AvgIpc) is 2.73. The molecule has 0 aliphatic heterocycles. The van der Waals surface area contributed by atoms with Crippen LogP contribution in [0.5, 0.6) is 0 Å². The van der Waals surface area contributed by atoms with Crippen molar-refractivity contribution in [1.82, 2.24) is 9.80 Å². The van der Waals surface area contributed by atoms with Gasteiger partial charge in [-0.05, 0) is 33.0 Å². The SMILES string of the molecule is Cc1ccc(CN(C)C(=O)CN(C)C(C)CO)o1. The molecule has 1 rings (SSSR count). The molecule has 1 atom stereocenters. The molecular formula is C13H22N2O3. The highest BCUT2D eigenvalue weighted by Crippen LogP contribution is 2.09. The lowest BCUT2D eigenvalue weighted by Crippen LogP contribution is -2.41. The highest BCUT2D eigenvalue weighted by atomic mass is 16.3. The second-order valence-electron chi connectivity index (χ2n) is 4.71. The van der Waals surface area contributed by atoms with Gasteiger partial charge in [-0.3, -0.25) is 9.69 Å². The number of nitrogens with zero attached hydrogens (tertiary/aromatic N) is 2. The number of aliphatic hydroxyl groups excluding tert-OH is 1. The Bertz CT molecular complexity index is 389. The molecule has 0 aliphatic rings. The van der Waals surface area contributed by atoms with Crippen molar-refractivity contribution in [2.75, 3.05) is 27.2 Å². The monoisotopic (exact) mass is 254 g/mol. The Labute approximate surface area is 108 Å². The summed E-state index contributed by atoms with van der Waals surface area (Å²) < 4.78 is 5.43. The third-order valence-electron chi connectivity index (χ3n) is 3.02. The molecule has 1 N–H and O–H groups in total. The first-order valence-electron chi connectivity index (χ1n) is 6.04. The van der Waals surface area contributed by atoms with Crippen LogP contribution in [0.3, 0.4) is 0 Å². The van der Waals surface area contributed by atoms with Gasteiger partial charge in [0.25, 0.3) is 0 Å². The molecule has 0 aliphatic carbocycles. The van der Waals surface area contributed by atoms with Gasteiger partial charge in [0.05, 0.1) is 19.7 Å². The molecule has 0 radical (unpaired) electrons. The third kappa shape index (κ3) is 4.16. The smallest absolute Gasteiger partial charge is 0.236 e. The molecule has 0 aromatic carbocycles. The molecule has 5 heteroatoms. The van der Waals surface area contributed by atoms with Crippen molar-refractivity contribution < 1.29 is 14.3 Å². The van der Waals surface area contributed by atoms with Crippen LogP contribution in [-0.2, 0) is 11.3 Å². The van der Waals surface area contributed by atoms with Crippen LogP contribution in [0, 0.1) is 6.92 Å². The zero-order valence-electron chi connectivity index (χ0n) is 11.5. The Morgan fingerprint density at radius 3 is 2.61 bits per heavy atom. The first-order chi connectivity index (χ1) is 8.43. The number of carbonyl (C=O) groups is 1. The van der Waals surface area contributed by atoms with Crippen molar-refractivity contribution in [3.63, 3.8) is 0 Å². The van der Waals surface area contributed by atoms with Gasteiger partial charge < -0.3 is 14.4 Å². The number of carbonyl (C=O) groups excluding carboxylic acids is 1. The second-order valence-corrected chi connectivity index (χ2v) is 4.71. The molecule has 0 saturated heterocycles. The highest BCUT2D eigenvalue weighted by molar-refractivity contribution is 5.77. The molecule has 1 amide bonds. The third-order valence-corrected chi connectivity index (χ3v) is 3.02. The van der Waals surface area contributed by atoms with E-state index in [4.69, 9.17) is 9.52 Å². The van der Waals surface area contributed by atoms with Gasteiger partial charge in [-0.15, -0.1) is 0 Å². The summed E-state index contributed by atoms with van der Waals surface area (Å²) in [5.74, 6) is 1.63. The van der Waals surface area contributed by atoms with E-state index in [2.05, 4.69) is 0 Å². The zero-order valence-corrected chi connectivity index (χ0v) is 11.5. The van der Waals surface area contributed by atoms with E-state index in [0.717, 1.165) is 11.5 Å². The minimum absolute atomic E-state index is 0.00635. The molecule has 5 nitrogen and oxygen atoms in total. The number of furan rings is 1. The van der Waals surface area contributed by atoms with Crippen LogP contribution < -0.4 is 0 Å². The summed E-state index contributed by atoms with van der Waals surface area (Å²) in [6, 6.07) is 3.74. The first kappa shape index (κ1) is 14.7. The van der Waals surface area contributed by atoms with E-state index in [1.807, 2.05) is 37.9 Å². The Kier molecular flexibility index (Phi) is 5.37. The van der Waals surface area contributed by atoms with E-state index >= 15 is 0 Å².